The summed E-state index contributed by atoms with van der Waals surface area (Å²) >= 11 is 12.4. The van der Waals surface area contributed by atoms with Crippen LogP contribution in [0.3, 0.4) is 0 Å². The fraction of sp³-hybridized carbons (Fsp3) is 0.263. The van der Waals surface area contributed by atoms with Crippen LogP contribution in [-0.2, 0) is 0 Å². The van der Waals surface area contributed by atoms with Crippen LogP contribution in [0, 0.1) is 12.8 Å². The van der Waals surface area contributed by atoms with E-state index in [4.69, 9.17) is 23.2 Å². The van der Waals surface area contributed by atoms with Gasteiger partial charge in [0.2, 0.25) is 0 Å². The van der Waals surface area contributed by atoms with E-state index in [-0.39, 0.29) is 0 Å². The molecule has 0 saturated carbocycles. The number of benzene rings is 2. The summed E-state index contributed by atoms with van der Waals surface area (Å²) in [5, 5.41) is 5.34. The lowest BCUT2D eigenvalue weighted by molar-refractivity contribution is 0.425. The Morgan fingerprint density at radius 3 is 2.59 bits per heavy atom. The number of hydrogen-bond donors (Lipinski definition) is 1. The summed E-state index contributed by atoms with van der Waals surface area (Å²) in [5.74, 6) is 1.02. The van der Waals surface area contributed by atoms with E-state index in [2.05, 4.69) is 42.6 Å². The van der Waals surface area contributed by atoms with Crippen molar-refractivity contribution in [3.63, 3.8) is 0 Å². The van der Waals surface area contributed by atoms with E-state index in [1.54, 1.807) is 0 Å². The monoisotopic (exact) mass is 329 g/mol. The minimum Gasteiger partial charge on any atom is -0.377 e. The van der Waals surface area contributed by atoms with E-state index < -0.39 is 0 Å². The number of fused-ring (bicyclic) bond motifs is 3. The molecule has 0 unspecified atom stereocenters. The van der Waals surface area contributed by atoms with Crippen LogP contribution in [-0.4, -0.2) is 0 Å². The second-order valence-corrected chi connectivity index (χ2v) is 7.01. The van der Waals surface area contributed by atoms with Crippen LogP contribution < -0.4 is 5.32 Å². The molecule has 22 heavy (non-hydrogen) atoms. The summed E-state index contributed by atoms with van der Waals surface area (Å²) in [5.41, 5.74) is 4.98. The van der Waals surface area contributed by atoms with Gasteiger partial charge in [-0.3, -0.25) is 0 Å². The molecular formula is C19H17Cl2N. The molecule has 0 amide bonds. The fourth-order valence-corrected chi connectivity index (χ4v) is 4.07. The van der Waals surface area contributed by atoms with Crippen LogP contribution in [0.25, 0.3) is 0 Å². The maximum Gasteiger partial charge on any atom is 0.0554 e. The lowest BCUT2D eigenvalue weighted by Gasteiger charge is -2.38. The van der Waals surface area contributed by atoms with Crippen molar-refractivity contribution in [2.45, 2.75) is 25.3 Å². The number of hydrogen-bond acceptors (Lipinski definition) is 1. The molecule has 3 atom stereocenters. The van der Waals surface area contributed by atoms with Crippen LogP contribution in [0.2, 0.25) is 10.0 Å². The van der Waals surface area contributed by atoms with Crippen molar-refractivity contribution >= 4 is 28.9 Å². The van der Waals surface area contributed by atoms with Gasteiger partial charge in [-0.25, -0.2) is 0 Å². The first-order valence-corrected chi connectivity index (χ1v) is 8.38. The molecule has 2 aromatic rings. The maximum absolute atomic E-state index is 6.33. The quantitative estimate of drug-likeness (QED) is 0.620. The third kappa shape index (κ3) is 2.15. The average molecular weight is 330 g/mol. The van der Waals surface area contributed by atoms with Crippen molar-refractivity contribution in [2.24, 2.45) is 5.92 Å². The third-order valence-electron chi connectivity index (χ3n) is 4.96. The van der Waals surface area contributed by atoms with E-state index in [0.717, 1.165) is 22.0 Å². The molecule has 2 aromatic carbocycles. The first-order valence-electron chi connectivity index (χ1n) is 7.63. The number of halogens is 2. The highest BCUT2D eigenvalue weighted by molar-refractivity contribution is 6.31. The van der Waals surface area contributed by atoms with E-state index in [9.17, 15) is 0 Å². The summed E-state index contributed by atoms with van der Waals surface area (Å²) < 4.78 is 0. The third-order valence-corrected chi connectivity index (χ3v) is 5.62. The zero-order valence-corrected chi connectivity index (χ0v) is 13.8. The Hall–Kier alpha value is -1.44. The maximum atomic E-state index is 6.33. The molecule has 0 aromatic heterocycles. The van der Waals surface area contributed by atoms with Gasteiger partial charge in [-0.15, -0.1) is 0 Å². The fourth-order valence-electron chi connectivity index (χ4n) is 3.79. The van der Waals surface area contributed by atoms with E-state index in [1.165, 1.54) is 16.8 Å². The summed E-state index contributed by atoms with van der Waals surface area (Å²) in [6, 6.07) is 12.7. The van der Waals surface area contributed by atoms with Gasteiger partial charge in [0, 0.05) is 21.7 Å². The molecular weight excluding hydrogens is 313 g/mol. The predicted molar refractivity (Wildman–Crippen MR) is 94.0 cm³/mol. The summed E-state index contributed by atoms with van der Waals surface area (Å²) in [6.45, 7) is 2.09. The summed E-state index contributed by atoms with van der Waals surface area (Å²) in [6.07, 6.45) is 5.76. The molecule has 1 aliphatic carbocycles. The number of anilines is 1. The molecule has 1 nitrogen and oxygen atoms in total. The number of allylic oxidation sites excluding steroid dienone is 2. The first kappa shape index (κ1) is 14.2. The van der Waals surface area contributed by atoms with Crippen LogP contribution >= 0.6 is 23.2 Å². The Labute approximate surface area is 140 Å². The minimum atomic E-state index is 0.293. The second-order valence-electron chi connectivity index (χ2n) is 6.16. The number of nitrogens with one attached hydrogen (secondary N) is 1. The highest BCUT2D eigenvalue weighted by atomic mass is 35.5. The second kappa shape index (κ2) is 5.33. The smallest absolute Gasteiger partial charge is 0.0554 e. The average Bonchev–Trinajstić information content (AvgIpc) is 3.01. The molecule has 0 fully saturated rings. The topological polar surface area (TPSA) is 12.0 Å². The Morgan fingerprint density at radius 2 is 1.82 bits per heavy atom. The molecule has 0 saturated heterocycles. The highest BCUT2D eigenvalue weighted by Crippen LogP contribution is 2.51. The lowest BCUT2D eigenvalue weighted by Crippen LogP contribution is -2.29. The Balaban J connectivity index is 1.82. The first-order chi connectivity index (χ1) is 10.6. The molecule has 1 heterocycles. The van der Waals surface area contributed by atoms with Gasteiger partial charge in [0.25, 0.3) is 0 Å². The van der Waals surface area contributed by atoms with Crippen LogP contribution in [0.5, 0.6) is 0 Å². The van der Waals surface area contributed by atoms with Crippen molar-refractivity contribution in [1.29, 1.82) is 0 Å². The van der Waals surface area contributed by atoms with E-state index in [1.807, 2.05) is 18.2 Å². The molecule has 0 spiro atoms. The molecule has 2 aliphatic rings. The predicted octanol–water partition coefficient (Wildman–Crippen LogP) is 6.13. The minimum absolute atomic E-state index is 0.293. The SMILES string of the molecule is Cc1c(Cl)ccc2c1N[C@H](c1ccc(Cl)cc1)[C@H]1CC=C[C@H]21. The van der Waals surface area contributed by atoms with Gasteiger partial charge >= 0.3 is 0 Å². The van der Waals surface area contributed by atoms with Gasteiger partial charge in [0.15, 0.2) is 0 Å². The standard InChI is InChI=1S/C19H17Cl2N/c1-11-17(21)10-9-16-14-3-2-4-15(14)19(22-18(11)16)12-5-7-13(20)8-6-12/h2-3,5-10,14-15,19,22H,4H2,1H3/t14-,15-,19+/m0/s1. The van der Waals surface area contributed by atoms with Crippen LogP contribution in [0.4, 0.5) is 5.69 Å². The molecule has 0 radical (unpaired) electrons. The summed E-state index contributed by atoms with van der Waals surface area (Å²) in [4.78, 5) is 0. The van der Waals surface area contributed by atoms with E-state index >= 15 is 0 Å². The van der Waals surface area contributed by atoms with Gasteiger partial charge in [-0.1, -0.05) is 53.6 Å². The molecule has 4 rings (SSSR count). The van der Waals surface area contributed by atoms with Gasteiger partial charge in [0.05, 0.1) is 6.04 Å². The normalized spacial score (nSPS) is 25.5. The lowest BCUT2D eigenvalue weighted by atomic mass is 9.76. The largest absolute Gasteiger partial charge is 0.377 e. The molecule has 112 valence electrons. The summed E-state index contributed by atoms with van der Waals surface area (Å²) in [7, 11) is 0. The van der Waals surface area contributed by atoms with Gasteiger partial charge in [-0.05, 0) is 54.2 Å². The Bertz CT molecular complexity index is 749. The molecule has 0 bridgehead atoms. The molecule has 1 N–H and O–H groups in total. The number of rotatable bonds is 1. The van der Waals surface area contributed by atoms with Crippen molar-refractivity contribution in [3.05, 3.63) is 75.3 Å². The zero-order chi connectivity index (χ0) is 15.3. The van der Waals surface area contributed by atoms with Crippen molar-refractivity contribution in [2.75, 3.05) is 5.32 Å². The molecule has 3 heteroatoms. The zero-order valence-electron chi connectivity index (χ0n) is 12.3. The van der Waals surface area contributed by atoms with Crippen LogP contribution in [0.15, 0.2) is 48.6 Å². The van der Waals surface area contributed by atoms with Crippen molar-refractivity contribution in [1.82, 2.24) is 0 Å². The highest BCUT2D eigenvalue weighted by Gasteiger charge is 2.38. The van der Waals surface area contributed by atoms with Crippen molar-refractivity contribution < 1.29 is 0 Å². The molecule has 1 aliphatic heterocycles. The van der Waals surface area contributed by atoms with Gasteiger partial charge in [0.1, 0.15) is 0 Å². The van der Waals surface area contributed by atoms with Gasteiger partial charge in [-0.2, -0.15) is 0 Å². The Kier molecular flexibility index (Phi) is 3.43. The Morgan fingerprint density at radius 1 is 1.05 bits per heavy atom. The van der Waals surface area contributed by atoms with Crippen molar-refractivity contribution in [3.8, 4) is 0 Å². The van der Waals surface area contributed by atoms with Crippen LogP contribution in [0.1, 0.15) is 35.1 Å². The van der Waals surface area contributed by atoms with E-state index in [0.29, 0.717) is 17.9 Å². The van der Waals surface area contributed by atoms with Gasteiger partial charge < -0.3 is 5.32 Å².